The molecule has 0 saturated carbocycles. The molecule has 10 heteroatoms. The Morgan fingerprint density at radius 1 is 0.935 bits per heavy atom. The lowest BCUT2D eigenvalue weighted by molar-refractivity contribution is 0.0719. The van der Waals surface area contributed by atoms with E-state index in [1.165, 1.54) is 0 Å². The number of amides is 2. The van der Waals surface area contributed by atoms with Crippen LogP contribution < -0.4 is 4.72 Å². The summed E-state index contributed by atoms with van der Waals surface area (Å²) in [4.78, 5) is 36.5. The van der Waals surface area contributed by atoms with E-state index in [4.69, 9.17) is 0 Å². The number of H-pyrrole nitrogens is 1. The van der Waals surface area contributed by atoms with Crippen LogP contribution in [-0.4, -0.2) is 72.4 Å². The van der Waals surface area contributed by atoms with Gasteiger partial charge in [-0.3, -0.25) is 14.3 Å². The largest absolute Gasteiger partial charge is 0.345 e. The summed E-state index contributed by atoms with van der Waals surface area (Å²) in [6.45, 7) is 1.99. The molecule has 31 heavy (non-hydrogen) atoms. The number of carbonyl (C=O) groups excluding carboxylic acids is 2. The zero-order valence-corrected chi connectivity index (χ0v) is 17.9. The van der Waals surface area contributed by atoms with Gasteiger partial charge in [0.2, 0.25) is 10.0 Å². The Labute approximate surface area is 180 Å². The highest BCUT2D eigenvalue weighted by Gasteiger charge is 2.24. The van der Waals surface area contributed by atoms with Crippen LogP contribution in [0.2, 0.25) is 0 Å². The van der Waals surface area contributed by atoms with Crippen LogP contribution in [0.25, 0.3) is 11.0 Å². The summed E-state index contributed by atoms with van der Waals surface area (Å²) < 4.78 is 25.0. The number of aromatic nitrogens is 2. The number of fused-ring (bicyclic) bond motifs is 1. The van der Waals surface area contributed by atoms with Crippen LogP contribution in [0.15, 0.2) is 48.8 Å². The van der Waals surface area contributed by atoms with Crippen LogP contribution in [0.3, 0.4) is 0 Å². The molecule has 0 bridgehead atoms. The van der Waals surface area contributed by atoms with Gasteiger partial charge in [-0.1, -0.05) is 0 Å². The van der Waals surface area contributed by atoms with Gasteiger partial charge in [-0.25, -0.2) is 13.4 Å². The number of nitrogens with zero attached hydrogens (tertiary/aromatic N) is 3. The van der Waals surface area contributed by atoms with Crippen LogP contribution >= 0.6 is 0 Å². The van der Waals surface area contributed by atoms with Crippen molar-refractivity contribution in [3.05, 3.63) is 59.9 Å². The highest BCUT2D eigenvalue weighted by molar-refractivity contribution is 7.92. The first-order chi connectivity index (χ1) is 14.8. The van der Waals surface area contributed by atoms with Gasteiger partial charge in [-0.15, -0.1) is 0 Å². The molecule has 0 aliphatic carbocycles. The van der Waals surface area contributed by atoms with Gasteiger partial charge in [-0.05, 0) is 48.9 Å². The predicted molar refractivity (Wildman–Crippen MR) is 117 cm³/mol. The number of anilines is 1. The van der Waals surface area contributed by atoms with Gasteiger partial charge in [0.05, 0.1) is 23.6 Å². The molecule has 2 heterocycles. The van der Waals surface area contributed by atoms with Gasteiger partial charge in [-0.2, -0.15) is 0 Å². The number of hydrogen-bond donors (Lipinski definition) is 2. The third kappa shape index (κ3) is 4.85. The van der Waals surface area contributed by atoms with E-state index in [9.17, 15) is 18.0 Å². The molecule has 2 amide bonds. The molecule has 0 unspecified atom stereocenters. The molecule has 162 valence electrons. The summed E-state index contributed by atoms with van der Waals surface area (Å²) in [7, 11) is -3.37. The lowest BCUT2D eigenvalue weighted by atomic mass is 10.1. The summed E-state index contributed by atoms with van der Waals surface area (Å²) in [5, 5.41) is 0. The zero-order chi connectivity index (χ0) is 22.0. The maximum atomic E-state index is 12.9. The summed E-state index contributed by atoms with van der Waals surface area (Å²) in [6.07, 6.45) is 3.35. The SMILES string of the molecule is CS(=O)(=O)Nc1ccc(C(=O)N2CCCN(C(=O)c3ccc4nc[nH]c4c3)CC2)cc1. The second kappa shape index (κ2) is 8.38. The Kier molecular flexibility index (Phi) is 5.64. The molecule has 3 aromatic rings. The van der Waals surface area contributed by atoms with E-state index in [-0.39, 0.29) is 11.8 Å². The summed E-state index contributed by atoms with van der Waals surface area (Å²) >= 11 is 0. The number of sulfonamides is 1. The molecule has 0 atom stereocenters. The van der Waals surface area contributed by atoms with Crippen molar-refractivity contribution in [2.45, 2.75) is 6.42 Å². The van der Waals surface area contributed by atoms with E-state index >= 15 is 0 Å². The van der Waals surface area contributed by atoms with Gasteiger partial charge in [0.1, 0.15) is 0 Å². The Morgan fingerprint density at radius 2 is 1.55 bits per heavy atom. The average Bonchev–Trinajstić information content (AvgIpc) is 3.07. The first-order valence-electron chi connectivity index (χ1n) is 9.90. The Morgan fingerprint density at radius 3 is 2.19 bits per heavy atom. The van der Waals surface area contributed by atoms with Crippen LogP contribution in [0, 0.1) is 0 Å². The lowest BCUT2D eigenvalue weighted by Gasteiger charge is -2.22. The van der Waals surface area contributed by atoms with Crippen molar-refractivity contribution in [3.63, 3.8) is 0 Å². The van der Waals surface area contributed by atoms with E-state index in [1.807, 2.05) is 6.07 Å². The van der Waals surface area contributed by atoms with Gasteiger partial charge >= 0.3 is 0 Å². The second-order valence-corrected chi connectivity index (χ2v) is 9.27. The first kappa shape index (κ1) is 20.9. The normalized spacial score (nSPS) is 15.0. The molecular formula is C21H23N5O4S. The molecule has 2 aromatic carbocycles. The minimum absolute atomic E-state index is 0.0676. The van der Waals surface area contributed by atoms with E-state index in [0.717, 1.165) is 17.3 Å². The number of benzene rings is 2. The third-order valence-corrected chi connectivity index (χ3v) is 5.78. The molecule has 1 aliphatic rings. The highest BCUT2D eigenvalue weighted by atomic mass is 32.2. The van der Waals surface area contributed by atoms with Gasteiger partial charge in [0, 0.05) is 43.0 Å². The Balaban J connectivity index is 1.41. The van der Waals surface area contributed by atoms with Crippen molar-refractivity contribution in [3.8, 4) is 0 Å². The molecular weight excluding hydrogens is 418 g/mol. The molecule has 4 rings (SSSR count). The van der Waals surface area contributed by atoms with Crippen molar-refractivity contribution in [1.29, 1.82) is 0 Å². The number of aromatic amines is 1. The van der Waals surface area contributed by atoms with E-state index in [2.05, 4.69) is 14.7 Å². The minimum Gasteiger partial charge on any atom is -0.345 e. The van der Waals surface area contributed by atoms with Crippen molar-refractivity contribution in [2.75, 3.05) is 37.2 Å². The molecule has 0 spiro atoms. The molecule has 0 radical (unpaired) electrons. The minimum atomic E-state index is -3.37. The van der Waals surface area contributed by atoms with Crippen molar-refractivity contribution >= 4 is 38.6 Å². The number of carbonyl (C=O) groups is 2. The molecule has 9 nitrogen and oxygen atoms in total. The van der Waals surface area contributed by atoms with Crippen molar-refractivity contribution in [1.82, 2.24) is 19.8 Å². The Hall–Kier alpha value is -3.40. The topological polar surface area (TPSA) is 115 Å². The summed E-state index contributed by atoms with van der Waals surface area (Å²) in [5.74, 6) is -0.207. The molecule has 1 fully saturated rings. The maximum absolute atomic E-state index is 12.9. The molecule has 1 aliphatic heterocycles. The van der Waals surface area contributed by atoms with E-state index in [1.54, 1.807) is 52.5 Å². The van der Waals surface area contributed by atoms with E-state index < -0.39 is 10.0 Å². The fourth-order valence-electron chi connectivity index (χ4n) is 3.65. The number of hydrogen-bond acceptors (Lipinski definition) is 5. The van der Waals surface area contributed by atoms with Gasteiger partial charge in [0.25, 0.3) is 11.8 Å². The molecule has 1 aromatic heterocycles. The highest BCUT2D eigenvalue weighted by Crippen LogP contribution is 2.17. The standard InChI is InChI=1S/C21H23N5O4S/c1-31(29,30)24-17-6-3-15(4-7-17)20(27)25-9-2-10-26(12-11-25)21(28)16-5-8-18-19(13-16)23-14-22-18/h3-8,13-14,24H,2,9-12H2,1H3,(H,22,23). The van der Waals surface area contributed by atoms with Crippen LogP contribution in [0.5, 0.6) is 0 Å². The average molecular weight is 442 g/mol. The third-order valence-electron chi connectivity index (χ3n) is 5.17. The number of imidazole rings is 1. The van der Waals surface area contributed by atoms with Gasteiger partial charge < -0.3 is 14.8 Å². The van der Waals surface area contributed by atoms with E-state index in [0.29, 0.717) is 49.4 Å². The Bertz CT molecular complexity index is 1220. The molecule has 2 N–H and O–H groups in total. The maximum Gasteiger partial charge on any atom is 0.253 e. The molecule has 1 saturated heterocycles. The number of nitrogens with one attached hydrogen (secondary N) is 2. The smallest absolute Gasteiger partial charge is 0.253 e. The summed E-state index contributed by atoms with van der Waals surface area (Å²) in [5.41, 5.74) is 3.09. The van der Waals surface area contributed by atoms with Gasteiger partial charge in [0.15, 0.2) is 0 Å². The van der Waals surface area contributed by atoms with Crippen molar-refractivity contribution < 1.29 is 18.0 Å². The van der Waals surface area contributed by atoms with Crippen LogP contribution in [0.1, 0.15) is 27.1 Å². The zero-order valence-electron chi connectivity index (χ0n) is 17.0. The predicted octanol–water partition coefficient (Wildman–Crippen LogP) is 1.92. The fourth-order valence-corrected chi connectivity index (χ4v) is 4.22. The quantitative estimate of drug-likeness (QED) is 0.642. The lowest BCUT2D eigenvalue weighted by Crippen LogP contribution is -2.37. The monoisotopic (exact) mass is 441 g/mol. The van der Waals surface area contributed by atoms with Crippen LogP contribution in [0.4, 0.5) is 5.69 Å². The first-order valence-corrected chi connectivity index (χ1v) is 11.8. The van der Waals surface area contributed by atoms with Crippen molar-refractivity contribution in [2.24, 2.45) is 0 Å². The number of rotatable bonds is 4. The van der Waals surface area contributed by atoms with Crippen LogP contribution in [-0.2, 0) is 10.0 Å². The second-order valence-electron chi connectivity index (χ2n) is 7.52. The fraction of sp³-hybridized carbons (Fsp3) is 0.286. The summed E-state index contributed by atoms with van der Waals surface area (Å²) in [6, 6.07) is 11.7.